The van der Waals surface area contributed by atoms with Crippen LogP contribution in [0.1, 0.15) is 0 Å². The maximum Gasteiger partial charge on any atom is 0.260 e. The maximum absolute atomic E-state index is 5.34. The topological polar surface area (TPSA) is 77.6 Å². The first-order valence-electron chi connectivity index (χ1n) is 6.37. The minimum absolute atomic E-state index is 0.404. The van der Waals surface area contributed by atoms with Crippen LogP contribution in [0, 0.1) is 0 Å². The van der Waals surface area contributed by atoms with E-state index >= 15 is 0 Å². The SMILES string of the molecule is c1ccc(-c2noc(-c3cccc4nccnc34)n2)nc1. The van der Waals surface area contributed by atoms with Crippen molar-refractivity contribution in [2.45, 2.75) is 0 Å². The largest absolute Gasteiger partial charge is 0.333 e. The predicted molar refractivity (Wildman–Crippen MR) is 76.1 cm³/mol. The third-order valence-electron chi connectivity index (χ3n) is 3.05. The molecule has 0 bridgehead atoms. The number of rotatable bonds is 2. The summed E-state index contributed by atoms with van der Waals surface area (Å²) < 4.78 is 5.34. The normalized spacial score (nSPS) is 10.9. The third-order valence-corrected chi connectivity index (χ3v) is 3.05. The molecule has 0 saturated carbocycles. The molecule has 0 fully saturated rings. The summed E-state index contributed by atoms with van der Waals surface area (Å²) in [5, 5.41) is 3.97. The molecule has 3 aromatic heterocycles. The molecule has 0 aliphatic carbocycles. The lowest BCUT2D eigenvalue weighted by atomic mass is 10.2. The first-order chi connectivity index (χ1) is 10.4. The van der Waals surface area contributed by atoms with E-state index in [0.717, 1.165) is 16.6 Å². The highest BCUT2D eigenvalue weighted by Crippen LogP contribution is 2.26. The van der Waals surface area contributed by atoms with Gasteiger partial charge >= 0.3 is 0 Å². The van der Waals surface area contributed by atoms with E-state index in [9.17, 15) is 0 Å². The zero-order valence-electron chi connectivity index (χ0n) is 10.8. The van der Waals surface area contributed by atoms with Crippen LogP contribution in [0.15, 0.2) is 59.5 Å². The van der Waals surface area contributed by atoms with Crippen LogP contribution in [0.4, 0.5) is 0 Å². The fourth-order valence-corrected chi connectivity index (χ4v) is 2.10. The van der Waals surface area contributed by atoms with Gasteiger partial charge in [-0.25, -0.2) is 0 Å². The van der Waals surface area contributed by atoms with Crippen molar-refractivity contribution < 1.29 is 4.52 Å². The minimum atomic E-state index is 0.404. The molecule has 0 spiro atoms. The van der Waals surface area contributed by atoms with Crippen molar-refractivity contribution in [2.75, 3.05) is 0 Å². The first kappa shape index (κ1) is 11.7. The number of hydrogen-bond donors (Lipinski definition) is 0. The van der Waals surface area contributed by atoms with E-state index < -0.39 is 0 Å². The molecule has 21 heavy (non-hydrogen) atoms. The second-order valence-electron chi connectivity index (χ2n) is 4.37. The Hall–Kier alpha value is -3.15. The molecule has 0 radical (unpaired) electrons. The molecule has 100 valence electrons. The predicted octanol–water partition coefficient (Wildman–Crippen LogP) is 2.74. The van der Waals surface area contributed by atoms with Crippen LogP contribution in [0.3, 0.4) is 0 Å². The molecular formula is C15H9N5O. The first-order valence-corrected chi connectivity index (χ1v) is 6.37. The highest BCUT2D eigenvalue weighted by Gasteiger charge is 2.14. The van der Waals surface area contributed by atoms with Gasteiger partial charge < -0.3 is 4.52 Å². The van der Waals surface area contributed by atoms with Gasteiger partial charge in [0.25, 0.3) is 5.89 Å². The van der Waals surface area contributed by atoms with Crippen LogP contribution in [0.25, 0.3) is 34.0 Å². The Morgan fingerprint density at radius 1 is 0.810 bits per heavy atom. The molecule has 1 aromatic carbocycles. The number of benzene rings is 1. The van der Waals surface area contributed by atoms with Crippen LogP contribution >= 0.6 is 0 Å². The van der Waals surface area contributed by atoms with Crippen LogP contribution in [-0.2, 0) is 0 Å². The van der Waals surface area contributed by atoms with Crippen molar-refractivity contribution in [1.82, 2.24) is 25.1 Å². The summed E-state index contributed by atoms with van der Waals surface area (Å²) >= 11 is 0. The fraction of sp³-hybridized carbons (Fsp3) is 0. The van der Waals surface area contributed by atoms with E-state index in [1.807, 2.05) is 36.4 Å². The van der Waals surface area contributed by atoms with Gasteiger partial charge in [0.15, 0.2) is 0 Å². The molecule has 0 atom stereocenters. The molecule has 0 aliphatic rings. The molecule has 0 unspecified atom stereocenters. The number of pyridine rings is 1. The molecule has 3 heterocycles. The maximum atomic E-state index is 5.34. The summed E-state index contributed by atoms with van der Waals surface area (Å²) in [5.74, 6) is 0.855. The number of aromatic nitrogens is 5. The van der Waals surface area contributed by atoms with Crippen molar-refractivity contribution in [2.24, 2.45) is 0 Å². The monoisotopic (exact) mass is 275 g/mol. The summed E-state index contributed by atoms with van der Waals surface area (Å²) in [7, 11) is 0. The van der Waals surface area contributed by atoms with Gasteiger partial charge in [-0.2, -0.15) is 4.98 Å². The quantitative estimate of drug-likeness (QED) is 0.559. The lowest BCUT2D eigenvalue weighted by Crippen LogP contribution is -1.87. The van der Waals surface area contributed by atoms with E-state index in [0.29, 0.717) is 17.4 Å². The van der Waals surface area contributed by atoms with Gasteiger partial charge in [0.2, 0.25) is 5.82 Å². The van der Waals surface area contributed by atoms with Crippen molar-refractivity contribution in [3.05, 3.63) is 55.0 Å². The molecule has 0 aliphatic heterocycles. The number of para-hydroxylation sites is 1. The van der Waals surface area contributed by atoms with Crippen molar-refractivity contribution in [1.29, 1.82) is 0 Å². The molecule has 4 rings (SSSR count). The van der Waals surface area contributed by atoms with E-state index in [1.165, 1.54) is 0 Å². The van der Waals surface area contributed by atoms with Gasteiger partial charge in [-0.3, -0.25) is 15.0 Å². The third kappa shape index (κ3) is 2.02. The van der Waals surface area contributed by atoms with Crippen molar-refractivity contribution in [3.63, 3.8) is 0 Å². The van der Waals surface area contributed by atoms with Gasteiger partial charge in [0, 0.05) is 18.6 Å². The average molecular weight is 275 g/mol. The fourth-order valence-electron chi connectivity index (χ4n) is 2.10. The second kappa shape index (κ2) is 4.75. The molecule has 6 nitrogen and oxygen atoms in total. The highest BCUT2D eigenvalue weighted by atomic mass is 16.5. The van der Waals surface area contributed by atoms with Crippen molar-refractivity contribution in [3.8, 4) is 23.0 Å². The second-order valence-corrected chi connectivity index (χ2v) is 4.37. The zero-order valence-corrected chi connectivity index (χ0v) is 10.8. The van der Waals surface area contributed by atoms with Crippen molar-refractivity contribution >= 4 is 11.0 Å². The van der Waals surface area contributed by atoms with Gasteiger partial charge in [-0.05, 0) is 24.3 Å². The van der Waals surface area contributed by atoms with Crippen LogP contribution in [0.2, 0.25) is 0 Å². The van der Waals surface area contributed by atoms with Crippen LogP contribution in [-0.4, -0.2) is 25.1 Å². The average Bonchev–Trinajstić information content (AvgIpc) is 3.05. The minimum Gasteiger partial charge on any atom is -0.333 e. The summed E-state index contributed by atoms with van der Waals surface area (Å²) in [6, 6.07) is 11.2. The molecule has 0 saturated heterocycles. The smallest absolute Gasteiger partial charge is 0.260 e. The molecule has 0 N–H and O–H groups in total. The highest BCUT2D eigenvalue weighted by molar-refractivity contribution is 5.88. The standard InChI is InChI=1S/C15H9N5O/c1-2-7-16-12(5-1)14-19-15(21-20-14)10-4-3-6-11-13(10)18-9-8-17-11/h1-9H. The molecule has 6 heteroatoms. The number of hydrogen-bond acceptors (Lipinski definition) is 6. The Morgan fingerprint density at radius 2 is 1.76 bits per heavy atom. The van der Waals surface area contributed by atoms with Gasteiger partial charge in [-0.15, -0.1) is 0 Å². The molecular weight excluding hydrogens is 266 g/mol. The number of fused-ring (bicyclic) bond motifs is 1. The number of nitrogens with zero attached hydrogens (tertiary/aromatic N) is 5. The van der Waals surface area contributed by atoms with Gasteiger partial charge in [0.1, 0.15) is 11.2 Å². The lowest BCUT2D eigenvalue weighted by molar-refractivity contribution is 0.432. The van der Waals surface area contributed by atoms with Gasteiger partial charge in [-0.1, -0.05) is 17.3 Å². The summed E-state index contributed by atoms with van der Waals surface area (Å²) in [4.78, 5) is 17.2. The van der Waals surface area contributed by atoms with Gasteiger partial charge in [0.05, 0.1) is 11.1 Å². The Morgan fingerprint density at radius 3 is 2.67 bits per heavy atom. The summed E-state index contributed by atoms with van der Waals surface area (Å²) in [6.07, 6.45) is 4.98. The Labute approximate surface area is 119 Å². The summed E-state index contributed by atoms with van der Waals surface area (Å²) in [5.41, 5.74) is 2.94. The van der Waals surface area contributed by atoms with E-state index in [4.69, 9.17) is 4.52 Å². The Bertz CT molecular complexity index is 899. The van der Waals surface area contributed by atoms with Crippen LogP contribution in [0.5, 0.6) is 0 Å². The van der Waals surface area contributed by atoms with E-state index in [1.54, 1.807) is 18.6 Å². The zero-order chi connectivity index (χ0) is 14.1. The lowest BCUT2D eigenvalue weighted by Gasteiger charge is -1.99. The molecule has 0 amide bonds. The van der Waals surface area contributed by atoms with E-state index in [-0.39, 0.29) is 0 Å². The molecule has 4 aromatic rings. The van der Waals surface area contributed by atoms with Crippen LogP contribution < -0.4 is 0 Å². The Kier molecular flexibility index (Phi) is 2.64. The Balaban J connectivity index is 1.85. The van der Waals surface area contributed by atoms with E-state index in [2.05, 4.69) is 25.1 Å². The summed E-state index contributed by atoms with van der Waals surface area (Å²) in [6.45, 7) is 0.